The van der Waals surface area contributed by atoms with E-state index < -0.39 is 5.41 Å². The Morgan fingerprint density at radius 3 is 1.63 bits per heavy atom. The van der Waals surface area contributed by atoms with Gasteiger partial charge in [-0.25, -0.2) is 0 Å². The number of para-hydroxylation sites is 3. The maximum Gasteiger partial charge on any atom is 0.159 e. The van der Waals surface area contributed by atoms with Crippen LogP contribution in [0.2, 0.25) is 0 Å². The average molecular weight is 850 g/mol. The molecule has 67 heavy (non-hydrogen) atoms. The first-order valence-electron chi connectivity index (χ1n) is 23.3. The molecule has 310 valence electrons. The largest absolute Gasteiger partial charge is 0.454 e. The number of rotatable bonds is 3. The van der Waals surface area contributed by atoms with Gasteiger partial charge < -0.3 is 9.64 Å². The predicted octanol–water partition coefficient (Wildman–Crippen LogP) is 17.5. The number of anilines is 3. The maximum absolute atomic E-state index is 7.21. The summed E-state index contributed by atoms with van der Waals surface area (Å²) in [5.74, 6) is 1.66. The summed E-state index contributed by atoms with van der Waals surface area (Å²) in [7, 11) is 0. The topological polar surface area (TPSA) is 12.5 Å². The van der Waals surface area contributed by atoms with E-state index >= 15 is 0 Å². The molecule has 1 heterocycles. The molecule has 0 aromatic heterocycles. The van der Waals surface area contributed by atoms with Crippen molar-refractivity contribution in [2.45, 2.75) is 5.41 Å². The Morgan fingerprint density at radius 2 is 0.866 bits per heavy atom. The summed E-state index contributed by atoms with van der Waals surface area (Å²) < 4.78 is 7.21. The van der Waals surface area contributed by atoms with Crippen LogP contribution < -0.4 is 9.64 Å². The van der Waals surface area contributed by atoms with E-state index in [0.29, 0.717) is 0 Å². The molecule has 1 aliphatic heterocycles. The van der Waals surface area contributed by atoms with Crippen LogP contribution in [-0.2, 0) is 5.41 Å². The van der Waals surface area contributed by atoms with E-state index in [2.05, 4.69) is 241 Å². The van der Waals surface area contributed by atoms with Crippen LogP contribution in [0.15, 0.2) is 237 Å². The van der Waals surface area contributed by atoms with Crippen molar-refractivity contribution in [2.75, 3.05) is 4.90 Å². The highest BCUT2D eigenvalue weighted by atomic mass is 16.5. The van der Waals surface area contributed by atoms with Crippen molar-refractivity contribution in [3.05, 3.63) is 259 Å². The molecule has 12 aromatic carbocycles. The fourth-order valence-corrected chi connectivity index (χ4v) is 12.4. The standard InChI is InChI=1S/C65H39NO/c1-2-18-43(19-3-1)66(59-30-15-27-52-48-23-7-6-22-47(48)51-25-10-13-31-60(51)67-64(52)59)44-35-37-50-46-21-5-4-20-45(46)49-24-8-11-28-55(49)65(57(50)39-44)56-29-12-9-26-53(56)63-54-36-34-41-17-14-16-40-32-33-42(38-58(63)65)62(54)61(40)41/h1-39H. The summed E-state index contributed by atoms with van der Waals surface area (Å²) in [6.07, 6.45) is 0. The van der Waals surface area contributed by atoms with E-state index in [9.17, 15) is 0 Å². The molecule has 0 bridgehead atoms. The van der Waals surface area contributed by atoms with Crippen LogP contribution in [0.4, 0.5) is 17.1 Å². The third-order valence-electron chi connectivity index (χ3n) is 15.0. The van der Waals surface area contributed by atoms with Gasteiger partial charge in [-0.3, -0.25) is 0 Å². The van der Waals surface area contributed by atoms with E-state index in [-0.39, 0.29) is 0 Å². The number of benzene rings is 12. The molecular weight excluding hydrogens is 811 g/mol. The van der Waals surface area contributed by atoms with Crippen molar-refractivity contribution in [1.82, 2.24) is 0 Å². The number of hydrogen-bond acceptors (Lipinski definition) is 2. The lowest BCUT2D eigenvalue weighted by atomic mass is 9.65. The minimum atomic E-state index is -0.693. The fraction of sp³-hybridized carbons (Fsp3) is 0.0154. The number of nitrogens with zero attached hydrogens (tertiary/aromatic N) is 1. The SMILES string of the molecule is c1ccc(N(c2ccc3c(c2)C2(c4ccccc4-c4ccccc4-3)c3ccccc3-c3c2cc2ccc4cccc5ccc3c2c45)c2cccc3c2Oc2ccccc2-c2ccccc2-3)cc1. The molecule has 1 atom stereocenters. The Labute approximate surface area is 388 Å². The Bertz CT molecular complexity index is 4020. The number of hydrogen-bond donors (Lipinski definition) is 0. The van der Waals surface area contributed by atoms with Crippen molar-refractivity contribution in [3.63, 3.8) is 0 Å². The van der Waals surface area contributed by atoms with E-state index in [1.807, 2.05) is 0 Å². The quantitative estimate of drug-likeness (QED) is 0.164. The summed E-state index contributed by atoms with van der Waals surface area (Å²) in [5, 5.41) is 7.79. The van der Waals surface area contributed by atoms with Gasteiger partial charge in [0.1, 0.15) is 5.75 Å². The molecule has 2 nitrogen and oxygen atoms in total. The van der Waals surface area contributed by atoms with Crippen LogP contribution in [0, 0.1) is 0 Å². The highest BCUT2D eigenvalue weighted by Crippen LogP contribution is 2.64. The van der Waals surface area contributed by atoms with Crippen molar-refractivity contribution < 1.29 is 4.74 Å². The summed E-state index contributed by atoms with van der Waals surface area (Å²) >= 11 is 0. The average Bonchev–Trinajstić information content (AvgIpc) is 3.53. The van der Waals surface area contributed by atoms with E-state index in [1.54, 1.807) is 0 Å². The normalized spacial score (nSPS) is 14.7. The second-order valence-electron chi connectivity index (χ2n) is 18.2. The van der Waals surface area contributed by atoms with Crippen LogP contribution >= 0.6 is 0 Å². The van der Waals surface area contributed by atoms with E-state index in [4.69, 9.17) is 4.74 Å². The number of ether oxygens (including phenoxy) is 1. The Morgan fingerprint density at radius 1 is 0.313 bits per heavy atom. The van der Waals surface area contributed by atoms with Gasteiger partial charge in [-0.1, -0.05) is 194 Å². The summed E-state index contributed by atoms with van der Waals surface area (Å²) in [5.41, 5.74) is 19.5. The zero-order valence-corrected chi connectivity index (χ0v) is 36.4. The molecule has 2 heteroatoms. The van der Waals surface area contributed by atoms with E-state index in [1.165, 1.54) is 88.0 Å². The molecular formula is C65H39NO. The minimum Gasteiger partial charge on any atom is -0.454 e. The smallest absolute Gasteiger partial charge is 0.159 e. The molecule has 12 aromatic rings. The van der Waals surface area contributed by atoms with Crippen molar-refractivity contribution in [1.29, 1.82) is 0 Å². The van der Waals surface area contributed by atoms with Crippen molar-refractivity contribution >= 4 is 49.4 Å². The monoisotopic (exact) mass is 849 g/mol. The molecule has 0 fully saturated rings. The molecule has 3 aliphatic rings. The molecule has 0 saturated heterocycles. The van der Waals surface area contributed by atoms with Crippen LogP contribution in [0.3, 0.4) is 0 Å². The van der Waals surface area contributed by atoms with Crippen LogP contribution in [0.5, 0.6) is 11.5 Å². The zero-order valence-electron chi connectivity index (χ0n) is 36.4. The van der Waals surface area contributed by atoms with Gasteiger partial charge in [0.25, 0.3) is 0 Å². The summed E-state index contributed by atoms with van der Waals surface area (Å²) in [6.45, 7) is 0. The molecule has 0 saturated carbocycles. The lowest BCUT2D eigenvalue weighted by Crippen LogP contribution is -2.29. The lowest BCUT2D eigenvalue weighted by molar-refractivity contribution is 0.489. The summed E-state index contributed by atoms with van der Waals surface area (Å²) in [4.78, 5) is 2.41. The first-order chi connectivity index (χ1) is 33.3. The minimum absolute atomic E-state index is 0.693. The Kier molecular flexibility index (Phi) is 7.46. The molecule has 0 amide bonds. The molecule has 15 rings (SSSR count). The van der Waals surface area contributed by atoms with Gasteiger partial charge in [-0.2, -0.15) is 0 Å². The van der Waals surface area contributed by atoms with Gasteiger partial charge in [0.2, 0.25) is 0 Å². The zero-order chi connectivity index (χ0) is 43.8. The first kappa shape index (κ1) is 36.6. The maximum atomic E-state index is 7.21. The van der Waals surface area contributed by atoms with Gasteiger partial charge in [0.05, 0.1) is 11.1 Å². The van der Waals surface area contributed by atoms with Gasteiger partial charge in [0.15, 0.2) is 5.75 Å². The fourth-order valence-electron chi connectivity index (χ4n) is 12.4. The molecule has 2 aliphatic carbocycles. The molecule has 1 unspecified atom stereocenters. The van der Waals surface area contributed by atoms with Crippen LogP contribution in [0.25, 0.3) is 88.0 Å². The first-order valence-corrected chi connectivity index (χ1v) is 23.3. The third-order valence-corrected chi connectivity index (χ3v) is 15.0. The molecule has 0 N–H and O–H groups in total. The molecule has 0 radical (unpaired) electrons. The van der Waals surface area contributed by atoms with Gasteiger partial charge in [0, 0.05) is 22.5 Å². The third kappa shape index (κ3) is 4.89. The second-order valence-corrected chi connectivity index (χ2v) is 18.2. The van der Waals surface area contributed by atoms with E-state index in [0.717, 1.165) is 50.8 Å². The lowest BCUT2D eigenvalue weighted by Gasteiger charge is -2.37. The molecule has 1 spiro atoms. The van der Waals surface area contributed by atoms with Gasteiger partial charge in [-0.15, -0.1) is 0 Å². The van der Waals surface area contributed by atoms with Crippen LogP contribution in [0.1, 0.15) is 22.3 Å². The predicted molar refractivity (Wildman–Crippen MR) is 278 cm³/mol. The van der Waals surface area contributed by atoms with Crippen LogP contribution in [-0.4, -0.2) is 0 Å². The highest BCUT2D eigenvalue weighted by molar-refractivity contribution is 6.27. The van der Waals surface area contributed by atoms with Gasteiger partial charge >= 0.3 is 0 Å². The highest BCUT2D eigenvalue weighted by Gasteiger charge is 2.51. The second kappa shape index (κ2) is 13.7. The Balaban J connectivity index is 1.08. The Hall–Kier alpha value is -8.72. The van der Waals surface area contributed by atoms with Crippen molar-refractivity contribution in [2.24, 2.45) is 0 Å². The van der Waals surface area contributed by atoms with Gasteiger partial charge in [-0.05, 0) is 142 Å². The number of fused-ring (bicyclic) bond motifs is 18. The van der Waals surface area contributed by atoms with Crippen molar-refractivity contribution in [3.8, 4) is 67.1 Å². The summed E-state index contributed by atoms with van der Waals surface area (Å²) in [6, 6.07) is 87.8.